The van der Waals surface area contributed by atoms with Crippen LogP contribution in [0.4, 0.5) is 11.4 Å². The monoisotopic (exact) mass is 560 g/mol. The average Bonchev–Trinajstić information content (AvgIpc) is 3.25. The number of aromatic hydroxyl groups is 1. The maximum absolute atomic E-state index is 14.0. The normalized spacial score (nSPS) is 25.2. The summed E-state index contributed by atoms with van der Waals surface area (Å²) in [5.41, 5.74) is 2.22. The number of hydrogen-bond donors (Lipinski definition) is 1. The number of amides is 2. The van der Waals surface area contributed by atoms with Gasteiger partial charge in [-0.15, -0.1) is 0 Å². The first-order valence-corrected chi connectivity index (χ1v) is 13.7. The van der Waals surface area contributed by atoms with Crippen LogP contribution in [0.1, 0.15) is 31.2 Å². The zero-order chi connectivity index (χ0) is 29.4. The van der Waals surface area contributed by atoms with E-state index in [4.69, 9.17) is 0 Å². The van der Waals surface area contributed by atoms with Crippen molar-refractivity contribution in [3.05, 3.63) is 111 Å². The molecule has 0 spiro atoms. The van der Waals surface area contributed by atoms with Crippen molar-refractivity contribution in [2.24, 2.45) is 17.8 Å². The van der Waals surface area contributed by atoms with Crippen molar-refractivity contribution in [3.8, 4) is 5.75 Å². The van der Waals surface area contributed by atoms with Crippen LogP contribution in [0.3, 0.4) is 0 Å². The smallest absolute Gasteiger partial charge is 0.269 e. The molecule has 0 saturated carbocycles. The van der Waals surface area contributed by atoms with Crippen LogP contribution < -0.4 is 4.90 Å². The lowest BCUT2D eigenvalue weighted by atomic mass is 9.59. The van der Waals surface area contributed by atoms with Crippen LogP contribution in [0.25, 0.3) is 10.8 Å². The highest BCUT2D eigenvalue weighted by Crippen LogP contribution is 2.56. The quantitative estimate of drug-likeness (QED) is 0.155. The van der Waals surface area contributed by atoms with Crippen LogP contribution in [-0.2, 0) is 19.2 Å². The van der Waals surface area contributed by atoms with Crippen molar-refractivity contribution in [2.45, 2.75) is 25.7 Å². The first kappa shape index (κ1) is 25.8. The van der Waals surface area contributed by atoms with Crippen LogP contribution in [0.2, 0.25) is 0 Å². The van der Waals surface area contributed by atoms with E-state index < -0.39 is 40.4 Å². The standard InChI is InChI=1S/C33H24N2O7/c1-16-14-26(36)29-25(30(16)37)15-24-21(27(29)22-11-6-17-4-2-3-5-20(17)31(22)38)12-13-23-28(24)33(40)34(32(23)39)18-7-9-19(10-8-18)35(41)42/h2-12,14,23-24,27-28,38H,13,15H2,1H3/t23-,24+,27+,28-/m0/s1. The van der Waals surface area contributed by atoms with Gasteiger partial charge in [-0.05, 0) is 49.3 Å². The topological polar surface area (TPSA) is 135 Å². The molecule has 1 N–H and O–H groups in total. The van der Waals surface area contributed by atoms with Crippen LogP contribution >= 0.6 is 0 Å². The minimum Gasteiger partial charge on any atom is -0.507 e. The van der Waals surface area contributed by atoms with E-state index in [9.17, 15) is 34.4 Å². The molecule has 9 heteroatoms. The minimum atomic E-state index is -0.791. The number of benzene rings is 3. The van der Waals surface area contributed by atoms with E-state index in [1.807, 2.05) is 30.3 Å². The van der Waals surface area contributed by atoms with Crippen LogP contribution in [0.5, 0.6) is 5.75 Å². The van der Waals surface area contributed by atoms with E-state index in [-0.39, 0.29) is 41.5 Å². The number of hydrogen-bond acceptors (Lipinski definition) is 7. The summed E-state index contributed by atoms with van der Waals surface area (Å²) >= 11 is 0. The lowest BCUT2D eigenvalue weighted by molar-refractivity contribution is -0.384. The summed E-state index contributed by atoms with van der Waals surface area (Å²) in [6, 6.07) is 16.2. The molecule has 2 amide bonds. The molecule has 1 heterocycles. The zero-order valence-electron chi connectivity index (χ0n) is 22.4. The van der Waals surface area contributed by atoms with Crippen LogP contribution in [0.15, 0.2) is 95.1 Å². The second kappa shape index (κ2) is 9.17. The molecule has 0 aromatic heterocycles. The maximum atomic E-state index is 14.0. The molecule has 4 aliphatic rings. The molecule has 3 aliphatic carbocycles. The number of anilines is 1. The van der Waals surface area contributed by atoms with E-state index >= 15 is 0 Å². The second-order valence-corrected chi connectivity index (χ2v) is 11.2. The van der Waals surface area contributed by atoms with Gasteiger partial charge in [-0.3, -0.25) is 34.2 Å². The number of carbonyl (C=O) groups is 4. The number of nitro groups is 1. The third kappa shape index (κ3) is 3.56. The summed E-state index contributed by atoms with van der Waals surface area (Å²) in [5.74, 6) is -4.21. The van der Waals surface area contributed by atoms with Gasteiger partial charge >= 0.3 is 0 Å². The molecular formula is C33H24N2O7. The van der Waals surface area contributed by atoms with Gasteiger partial charge in [0.1, 0.15) is 5.75 Å². The number of phenolic OH excluding ortho intramolecular Hbond substituents is 1. The summed E-state index contributed by atoms with van der Waals surface area (Å²) in [4.78, 5) is 66.3. The van der Waals surface area contributed by atoms with Gasteiger partial charge in [0.25, 0.3) is 5.69 Å². The Morgan fingerprint density at radius 2 is 1.67 bits per heavy atom. The fourth-order valence-corrected chi connectivity index (χ4v) is 7.22. The molecule has 7 rings (SSSR count). The van der Waals surface area contributed by atoms with Crippen molar-refractivity contribution in [3.63, 3.8) is 0 Å². The van der Waals surface area contributed by atoms with Crippen LogP contribution in [-0.4, -0.2) is 33.4 Å². The molecule has 1 aliphatic heterocycles. The van der Waals surface area contributed by atoms with Gasteiger partial charge in [0, 0.05) is 45.7 Å². The zero-order valence-corrected chi connectivity index (χ0v) is 22.4. The molecule has 4 atom stereocenters. The molecule has 208 valence electrons. The Bertz CT molecular complexity index is 1880. The first-order chi connectivity index (χ1) is 20.2. The van der Waals surface area contributed by atoms with Crippen molar-refractivity contribution >= 4 is 45.5 Å². The number of rotatable bonds is 3. The fourth-order valence-electron chi connectivity index (χ4n) is 7.22. The summed E-state index contributed by atoms with van der Waals surface area (Å²) in [7, 11) is 0. The second-order valence-electron chi connectivity index (χ2n) is 11.2. The van der Waals surface area contributed by atoms with Gasteiger partial charge < -0.3 is 5.11 Å². The number of Topliss-reactive ketones (excluding diaryl/α,β-unsaturated/α-hetero) is 1. The number of ketones is 2. The molecule has 3 aromatic rings. The van der Waals surface area contributed by atoms with Gasteiger partial charge in [-0.2, -0.15) is 0 Å². The lowest BCUT2D eigenvalue weighted by Crippen LogP contribution is -2.39. The molecule has 1 fully saturated rings. The number of nitrogens with zero attached hydrogens (tertiary/aromatic N) is 2. The number of allylic oxidation sites excluding steroid dienone is 6. The minimum absolute atomic E-state index is 0.00137. The molecule has 9 nitrogen and oxygen atoms in total. The summed E-state index contributed by atoms with van der Waals surface area (Å²) in [5, 5.41) is 24.0. The Hall–Kier alpha value is -5.18. The molecule has 42 heavy (non-hydrogen) atoms. The molecule has 0 unspecified atom stereocenters. The molecular weight excluding hydrogens is 536 g/mol. The molecule has 0 bridgehead atoms. The summed E-state index contributed by atoms with van der Waals surface area (Å²) in [6.07, 6.45) is 3.59. The third-order valence-electron chi connectivity index (χ3n) is 9.12. The van der Waals surface area contributed by atoms with E-state index in [1.54, 1.807) is 19.1 Å². The van der Waals surface area contributed by atoms with Crippen molar-refractivity contribution in [1.82, 2.24) is 0 Å². The highest BCUT2D eigenvalue weighted by Gasteiger charge is 2.56. The third-order valence-corrected chi connectivity index (χ3v) is 9.12. The van der Waals surface area contributed by atoms with Gasteiger partial charge in [0.15, 0.2) is 11.6 Å². The predicted octanol–water partition coefficient (Wildman–Crippen LogP) is 5.09. The number of non-ortho nitro benzene ring substituents is 1. The SMILES string of the molecule is CC1=CC(=O)C2=C(C[C@@H]3C(=CC[C@@H]4C(=O)N(c5ccc([N+](=O)[O-])cc5)C(=O)[C@@H]43)[C@@H]2c2ccc3ccccc3c2O)C1=O. The van der Waals surface area contributed by atoms with E-state index in [1.165, 1.54) is 30.3 Å². The predicted molar refractivity (Wildman–Crippen MR) is 153 cm³/mol. The number of carbonyl (C=O) groups excluding carboxylic acids is 4. The Morgan fingerprint density at radius 3 is 2.40 bits per heavy atom. The highest BCUT2D eigenvalue weighted by molar-refractivity contribution is 6.25. The fraction of sp³-hybridized carbons (Fsp3) is 0.212. The number of nitro benzene ring substituents is 1. The van der Waals surface area contributed by atoms with Crippen molar-refractivity contribution in [2.75, 3.05) is 4.90 Å². The van der Waals surface area contributed by atoms with Crippen LogP contribution in [0, 0.1) is 27.9 Å². The average molecular weight is 561 g/mol. The molecule has 3 aromatic carbocycles. The summed E-state index contributed by atoms with van der Waals surface area (Å²) in [6.45, 7) is 1.59. The van der Waals surface area contributed by atoms with Gasteiger partial charge in [-0.1, -0.05) is 48.0 Å². The highest BCUT2D eigenvalue weighted by atomic mass is 16.6. The molecule has 0 radical (unpaired) electrons. The van der Waals surface area contributed by atoms with E-state index in [0.717, 1.165) is 15.9 Å². The van der Waals surface area contributed by atoms with Gasteiger partial charge in [0.2, 0.25) is 11.8 Å². The lowest BCUT2D eigenvalue weighted by Gasteiger charge is -2.42. The number of fused-ring (bicyclic) bond motifs is 4. The van der Waals surface area contributed by atoms with Gasteiger partial charge in [-0.25, -0.2) is 0 Å². The largest absolute Gasteiger partial charge is 0.507 e. The van der Waals surface area contributed by atoms with E-state index in [0.29, 0.717) is 27.7 Å². The number of imide groups is 1. The molecule has 1 saturated heterocycles. The Morgan fingerprint density at radius 1 is 0.929 bits per heavy atom. The Balaban J connectivity index is 1.37. The first-order valence-electron chi connectivity index (χ1n) is 13.7. The van der Waals surface area contributed by atoms with Gasteiger partial charge in [0.05, 0.1) is 22.4 Å². The summed E-state index contributed by atoms with van der Waals surface area (Å²) < 4.78 is 0. The van der Waals surface area contributed by atoms with Crippen molar-refractivity contribution < 1.29 is 29.2 Å². The van der Waals surface area contributed by atoms with Crippen molar-refractivity contribution in [1.29, 1.82) is 0 Å². The van der Waals surface area contributed by atoms with E-state index in [2.05, 4.69) is 0 Å². The Kier molecular flexibility index (Phi) is 5.63. The Labute approximate surface area is 239 Å². The maximum Gasteiger partial charge on any atom is 0.269 e. The number of phenols is 1.